The van der Waals surface area contributed by atoms with Crippen molar-refractivity contribution in [2.45, 2.75) is 31.1 Å². The normalized spacial score (nSPS) is 23.5. The predicted octanol–water partition coefficient (Wildman–Crippen LogP) is 0.677. The van der Waals surface area contributed by atoms with Gasteiger partial charge in [0.1, 0.15) is 0 Å². The molecule has 2 fully saturated rings. The Labute approximate surface area is 106 Å². The summed E-state index contributed by atoms with van der Waals surface area (Å²) >= 11 is 0. The molecular formula is C12H20N4O2. The highest BCUT2D eigenvalue weighted by molar-refractivity contribution is 5.30. The molecular weight excluding hydrogens is 232 g/mol. The van der Waals surface area contributed by atoms with Crippen molar-refractivity contribution in [3.63, 3.8) is 0 Å². The zero-order valence-corrected chi connectivity index (χ0v) is 10.6. The number of hydrogen-bond donors (Lipinski definition) is 1. The van der Waals surface area contributed by atoms with E-state index < -0.39 is 0 Å². The van der Waals surface area contributed by atoms with Crippen LogP contribution in [0.25, 0.3) is 0 Å². The van der Waals surface area contributed by atoms with Crippen LogP contribution >= 0.6 is 0 Å². The number of aromatic nitrogens is 2. The molecule has 3 heterocycles. The molecule has 0 atom stereocenters. The molecule has 3 rings (SSSR count). The van der Waals surface area contributed by atoms with Gasteiger partial charge in [0.15, 0.2) is 0 Å². The first kappa shape index (κ1) is 11.9. The average molecular weight is 252 g/mol. The molecule has 100 valence electrons. The van der Waals surface area contributed by atoms with Crippen molar-refractivity contribution in [3.8, 4) is 0 Å². The maximum atomic E-state index is 5.94. The standard InChI is InChI=1S/C12H20N4O2/c13-9-12(3-7-17-8-4-12)10-14-11(15-18-10)16-5-1-2-6-16/h1-9,13H2. The first-order chi connectivity index (χ1) is 8.84. The summed E-state index contributed by atoms with van der Waals surface area (Å²) in [7, 11) is 0. The van der Waals surface area contributed by atoms with E-state index in [1.54, 1.807) is 0 Å². The third-order valence-corrected chi connectivity index (χ3v) is 4.10. The van der Waals surface area contributed by atoms with Crippen LogP contribution in [0.5, 0.6) is 0 Å². The Hall–Kier alpha value is -1.14. The average Bonchev–Trinajstić information content (AvgIpc) is 3.10. The molecule has 0 spiro atoms. The van der Waals surface area contributed by atoms with Gasteiger partial charge in [-0.2, -0.15) is 4.98 Å². The molecule has 6 heteroatoms. The molecule has 2 N–H and O–H groups in total. The van der Waals surface area contributed by atoms with Crippen molar-refractivity contribution in [1.82, 2.24) is 10.1 Å². The Morgan fingerprint density at radius 2 is 1.94 bits per heavy atom. The summed E-state index contributed by atoms with van der Waals surface area (Å²) in [6.45, 7) is 4.03. The molecule has 1 aromatic rings. The van der Waals surface area contributed by atoms with Crippen molar-refractivity contribution in [2.24, 2.45) is 5.73 Å². The zero-order valence-electron chi connectivity index (χ0n) is 10.6. The third-order valence-electron chi connectivity index (χ3n) is 4.10. The largest absolute Gasteiger partial charge is 0.381 e. The second kappa shape index (κ2) is 4.85. The minimum Gasteiger partial charge on any atom is -0.381 e. The van der Waals surface area contributed by atoms with E-state index in [9.17, 15) is 0 Å². The van der Waals surface area contributed by atoms with E-state index in [1.807, 2.05) is 0 Å². The summed E-state index contributed by atoms with van der Waals surface area (Å²) in [6.07, 6.45) is 4.15. The van der Waals surface area contributed by atoms with Crippen LogP contribution in [0.1, 0.15) is 31.6 Å². The smallest absolute Gasteiger partial charge is 0.266 e. The Morgan fingerprint density at radius 3 is 2.61 bits per heavy atom. The Morgan fingerprint density at radius 1 is 1.22 bits per heavy atom. The first-order valence-corrected chi connectivity index (χ1v) is 6.71. The lowest BCUT2D eigenvalue weighted by Crippen LogP contribution is -2.41. The highest BCUT2D eigenvalue weighted by Gasteiger charge is 2.39. The fourth-order valence-electron chi connectivity index (χ4n) is 2.74. The van der Waals surface area contributed by atoms with E-state index in [1.165, 1.54) is 12.8 Å². The van der Waals surface area contributed by atoms with Crippen molar-refractivity contribution < 1.29 is 9.26 Å². The molecule has 0 bridgehead atoms. The van der Waals surface area contributed by atoms with Gasteiger partial charge in [-0.3, -0.25) is 0 Å². The van der Waals surface area contributed by atoms with Crippen LogP contribution in [-0.4, -0.2) is 43.0 Å². The predicted molar refractivity (Wildman–Crippen MR) is 66.5 cm³/mol. The lowest BCUT2D eigenvalue weighted by molar-refractivity contribution is 0.0409. The number of anilines is 1. The van der Waals surface area contributed by atoms with Crippen molar-refractivity contribution >= 4 is 5.95 Å². The van der Waals surface area contributed by atoms with Gasteiger partial charge in [0.2, 0.25) is 5.89 Å². The van der Waals surface area contributed by atoms with Crippen LogP contribution in [0.4, 0.5) is 5.95 Å². The summed E-state index contributed by atoms with van der Waals surface area (Å²) < 4.78 is 10.9. The van der Waals surface area contributed by atoms with Gasteiger partial charge in [-0.15, -0.1) is 0 Å². The van der Waals surface area contributed by atoms with Crippen LogP contribution in [0, 0.1) is 0 Å². The second-order valence-corrected chi connectivity index (χ2v) is 5.19. The number of ether oxygens (including phenoxy) is 1. The SMILES string of the molecule is NCC1(c2nc(N3CCCC3)no2)CCOCC1. The Balaban J connectivity index is 1.82. The summed E-state index contributed by atoms with van der Waals surface area (Å²) in [5, 5.41) is 4.11. The quantitative estimate of drug-likeness (QED) is 0.852. The monoisotopic (exact) mass is 252 g/mol. The molecule has 2 saturated heterocycles. The summed E-state index contributed by atoms with van der Waals surface area (Å²) in [5.41, 5.74) is 5.76. The van der Waals surface area contributed by atoms with E-state index in [-0.39, 0.29) is 5.41 Å². The number of hydrogen-bond acceptors (Lipinski definition) is 6. The maximum Gasteiger partial charge on any atom is 0.266 e. The lowest BCUT2D eigenvalue weighted by atomic mass is 9.80. The van der Waals surface area contributed by atoms with E-state index in [0.29, 0.717) is 12.4 Å². The minimum atomic E-state index is -0.177. The zero-order chi connectivity index (χ0) is 12.4. The van der Waals surface area contributed by atoms with Crippen molar-refractivity contribution in [2.75, 3.05) is 37.7 Å². The van der Waals surface area contributed by atoms with Gasteiger partial charge >= 0.3 is 0 Å². The molecule has 0 saturated carbocycles. The number of nitrogens with zero attached hydrogens (tertiary/aromatic N) is 3. The summed E-state index contributed by atoms with van der Waals surface area (Å²) in [6, 6.07) is 0. The Kier molecular flexibility index (Phi) is 3.22. The van der Waals surface area contributed by atoms with Gasteiger partial charge in [0, 0.05) is 32.8 Å². The van der Waals surface area contributed by atoms with E-state index in [4.69, 9.17) is 15.0 Å². The van der Waals surface area contributed by atoms with Gasteiger partial charge < -0.3 is 19.9 Å². The van der Waals surface area contributed by atoms with E-state index >= 15 is 0 Å². The number of nitrogens with two attached hydrogens (primary N) is 1. The van der Waals surface area contributed by atoms with Gasteiger partial charge in [-0.25, -0.2) is 0 Å². The molecule has 0 unspecified atom stereocenters. The molecule has 0 aliphatic carbocycles. The van der Waals surface area contributed by atoms with E-state index in [0.717, 1.165) is 45.1 Å². The highest BCUT2D eigenvalue weighted by atomic mass is 16.5. The van der Waals surface area contributed by atoms with E-state index in [2.05, 4.69) is 15.0 Å². The van der Waals surface area contributed by atoms with Gasteiger partial charge in [-0.05, 0) is 30.8 Å². The number of rotatable bonds is 3. The molecule has 2 aliphatic rings. The van der Waals surface area contributed by atoms with Crippen molar-refractivity contribution in [1.29, 1.82) is 0 Å². The fraction of sp³-hybridized carbons (Fsp3) is 0.833. The third kappa shape index (κ3) is 1.99. The van der Waals surface area contributed by atoms with Crippen LogP contribution in [0.2, 0.25) is 0 Å². The summed E-state index contributed by atoms with van der Waals surface area (Å²) in [5.74, 6) is 1.41. The van der Waals surface area contributed by atoms with Crippen LogP contribution < -0.4 is 10.6 Å². The summed E-state index contributed by atoms with van der Waals surface area (Å²) in [4.78, 5) is 6.75. The second-order valence-electron chi connectivity index (χ2n) is 5.19. The minimum absolute atomic E-state index is 0.177. The molecule has 0 aromatic carbocycles. The van der Waals surface area contributed by atoms with Gasteiger partial charge in [0.25, 0.3) is 5.95 Å². The molecule has 0 radical (unpaired) electrons. The lowest BCUT2D eigenvalue weighted by Gasteiger charge is -2.32. The van der Waals surface area contributed by atoms with Crippen molar-refractivity contribution in [3.05, 3.63) is 5.89 Å². The van der Waals surface area contributed by atoms with Crippen LogP contribution in [0.15, 0.2) is 4.52 Å². The first-order valence-electron chi connectivity index (χ1n) is 6.71. The van der Waals surface area contributed by atoms with Crippen LogP contribution in [-0.2, 0) is 10.2 Å². The van der Waals surface area contributed by atoms with Gasteiger partial charge in [0.05, 0.1) is 5.41 Å². The topological polar surface area (TPSA) is 77.4 Å². The van der Waals surface area contributed by atoms with Crippen LogP contribution in [0.3, 0.4) is 0 Å². The van der Waals surface area contributed by atoms with Gasteiger partial charge in [-0.1, -0.05) is 0 Å². The highest BCUT2D eigenvalue weighted by Crippen LogP contribution is 2.33. The fourth-order valence-corrected chi connectivity index (χ4v) is 2.74. The molecule has 6 nitrogen and oxygen atoms in total. The molecule has 18 heavy (non-hydrogen) atoms. The molecule has 2 aliphatic heterocycles. The molecule has 0 amide bonds. The molecule has 1 aromatic heterocycles. The maximum absolute atomic E-state index is 5.94. The Bertz CT molecular complexity index is 395.